The first-order valence-corrected chi connectivity index (χ1v) is 9.11. The van der Waals surface area contributed by atoms with E-state index in [9.17, 15) is 0 Å². The van der Waals surface area contributed by atoms with Crippen LogP contribution in [0.25, 0.3) is 0 Å². The molecule has 0 aromatic carbocycles. The Morgan fingerprint density at radius 3 is 2.30 bits per heavy atom. The lowest BCUT2D eigenvalue weighted by Crippen LogP contribution is -2.55. The third kappa shape index (κ3) is 3.39. The van der Waals surface area contributed by atoms with Crippen LogP contribution in [-0.4, -0.2) is 30.1 Å². The Bertz CT molecular complexity index is 311. The monoisotopic (exact) mass is 278 g/mol. The van der Waals surface area contributed by atoms with Crippen molar-refractivity contribution in [3.8, 4) is 0 Å². The zero-order chi connectivity index (χ0) is 14.1. The summed E-state index contributed by atoms with van der Waals surface area (Å²) in [5.74, 6) is 0.836. The lowest BCUT2D eigenvalue weighted by Gasteiger charge is -2.47. The van der Waals surface area contributed by atoms with Gasteiger partial charge in [-0.2, -0.15) is 0 Å². The summed E-state index contributed by atoms with van der Waals surface area (Å²) in [6.45, 7) is 6.17. The maximum absolute atomic E-state index is 6.71. The van der Waals surface area contributed by atoms with E-state index in [1.54, 1.807) is 0 Å². The molecule has 2 saturated carbocycles. The van der Waals surface area contributed by atoms with Gasteiger partial charge in [-0.1, -0.05) is 39.0 Å². The van der Waals surface area contributed by atoms with E-state index in [0.717, 1.165) is 17.9 Å². The molecule has 3 fully saturated rings. The zero-order valence-corrected chi connectivity index (χ0v) is 13.5. The van der Waals surface area contributed by atoms with Crippen LogP contribution in [0.3, 0.4) is 0 Å². The van der Waals surface area contributed by atoms with Crippen LogP contribution in [0.1, 0.15) is 77.6 Å². The minimum atomic E-state index is 0.120. The molecular formula is C18H34N2. The summed E-state index contributed by atoms with van der Waals surface area (Å²) < 4.78 is 0. The molecule has 116 valence electrons. The maximum Gasteiger partial charge on any atom is 0.0285 e. The predicted molar refractivity (Wildman–Crippen MR) is 85.7 cm³/mol. The van der Waals surface area contributed by atoms with Crippen molar-refractivity contribution in [3.05, 3.63) is 0 Å². The van der Waals surface area contributed by atoms with Crippen molar-refractivity contribution in [2.24, 2.45) is 17.1 Å². The van der Waals surface area contributed by atoms with Crippen molar-refractivity contribution < 1.29 is 0 Å². The standard InChI is InChI=1S/C18H34N2/c1-16-6-5-9-18(19,14-16)15-20-12-10-17(11-13-20)7-3-2-4-8-17/h16H,2-15,19H2,1H3. The molecule has 0 bridgehead atoms. The molecule has 3 rings (SSSR count). The normalized spacial score (nSPS) is 39.0. The van der Waals surface area contributed by atoms with Gasteiger partial charge in [0.2, 0.25) is 0 Å². The second kappa shape index (κ2) is 5.96. The first-order valence-electron chi connectivity index (χ1n) is 9.11. The molecule has 1 saturated heterocycles. The van der Waals surface area contributed by atoms with Crippen LogP contribution >= 0.6 is 0 Å². The molecule has 1 aliphatic heterocycles. The van der Waals surface area contributed by atoms with Gasteiger partial charge >= 0.3 is 0 Å². The first-order chi connectivity index (χ1) is 9.59. The van der Waals surface area contributed by atoms with E-state index in [-0.39, 0.29) is 5.54 Å². The Labute approximate surface area is 125 Å². The summed E-state index contributed by atoms with van der Waals surface area (Å²) in [7, 11) is 0. The van der Waals surface area contributed by atoms with Crippen molar-refractivity contribution in [3.63, 3.8) is 0 Å². The van der Waals surface area contributed by atoms with E-state index in [1.165, 1.54) is 83.7 Å². The molecule has 3 aliphatic rings. The van der Waals surface area contributed by atoms with Crippen LogP contribution < -0.4 is 5.73 Å². The summed E-state index contributed by atoms with van der Waals surface area (Å²) in [6, 6.07) is 0. The van der Waals surface area contributed by atoms with Gasteiger partial charge in [0.1, 0.15) is 0 Å². The predicted octanol–water partition coefficient (Wildman–Crippen LogP) is 3.94. The van der Waals surface area contributed by atoms with Crippen LogP contribution in [0.5, 0.6) is 0 Å². The zero-order valence-electron chi connectivity index (χ0n) is 13.5. The van der Waals surface area contributed by atoms with Gasteiger partial charge in [0.15, 0.2) is 0 Å². The third-order valence-electron chi connectivity index (χ3n) is 6.50. The fourth-order valence-electron chi connectivity index (χ4n) is 5.28. The number of hydrogen-bond donors (Lipinski definition) is 1. The fraction of sp³-hybridized carbons (Fsp3) is 1.00. The molecule has 0 aromatic rings. The van der Waals surface area contributed by atoms with E-state index >= 15 is 0 Å². The summed E-state index contributed by atoms with van der Waals surface area (Å²) in [4.78, 5) is 2.69. The Hall–Kier alpha value is -0.0800. The topological polar surface area (TPSA) is 29.3 Å². The number of nitrogens with zero attached hydrogens (tertiary/aromatic N) is 1. The highest BCUT2D eigenvalue weighted by Crippen LogP contribution is 2.44. The van der Waals surface area contributed by atoms with Crippen molar-refractivity contribution in [2.75, 3.05) is 19.6 Å². The van der Waals surface area contributed by atoms with Gasteiger partial charge in [-0.05, 0) is 62.9 Å². The van der Waals surface area contributed by atoms with Crippen molar-refractivity contribution in [1.29, 1.82) is 0 Å². The van der Waals surface area contributed by atoms with Crippen LogP contribution in [0.4, 0.5) is 0 Å². The molecule has 0 amide bonds. The Kier molecular flexibility index (Phi) is 4.42. The summed E-state index contributed by atoms with van der Waals surface area (Å²) in [5, 5.41) is 0. The second-order valence-corrected chi connectivity index (χ2v) is 8.40. The number of piperidine rings is 1. The van der Waals surface area contributed by atoms with Gasteiger partial charge in [-0.25, -0.2) is 0 Å². The molecule has 1 spiro atoms. The number of likely N-dealkylation sites (tertiary alicyclic amines) is 1. The smallest absolute Gasteiger partial charge is 0.0285 e. The van der Waals surface area contributed by atoms with Crippen molar-refractivity contribution >= 4 is 0 Å². The Morgan fingerprint density at radius 2 is 1.65 bits per heavy atom. The number of rotatable bonds is 2. The maximum atomic E-state index is 6.71. The van der Waals surface area contributed by atoms with E-state index in [2.05, 4.69) is 11.8 Å². The van der Waals surface area contributed by atoms with Crippen molar-refractivity contribution in [1.82, 2.24) is 4.90 Å². The highest BCUT2D eigenvalue weighted by Gasteiger charge is 2.38. The van der Waals surface area contributed by atoms with Gasteiger partial charge in [0, 0.05) is 12.1 Å². The van der Waals surface area contributed by atoms with Crippen molar-refractivity contribution in [2.45, 2.75) is 83.1 Å². The van der Waals surface area contributed by atoms with E-state index in [1.807, 2.05) is 0 Å². The Balaban J connectivity index is 1.50. The summed E-state index contributed by atoms with van der Waals surface area (Å²) in [6.07, 6.45) is 15.6. The molecule has 2 heteroatoms. The highest BCUT2D eigenvalue weighted by atomic mass is 15.2. The molecule has 0 aromatic heterocycles. The molecule has 2 atom stereocenters. The quantitative estimate of drug-likeness (QED) is 0.829. The second-order valence-electron chi connectivity index (χ2n) is 8.40. The van der Waals surface area contributed by atoms with Crippen LogP contribution in [-0.2, 0) is 0 Å². The minimum Gasteiger partial charge on any atom is -0.324 e. The van der Waals surface area contributed by atoms with Crippen LogP contribution in [0.2, 0.25) is 0 Å². The molecule has 1 heterocycles. The van der Waals surface area contributed by atoms with Gasteiger partial charge in [0.05, 0.1) is 0 Å². The average molecular weight is 278 g/mol. The molecule has 0 radical (unpaired) electrons. The van der Waals surface area contributed by atoms with E-state index in [4.69, 9.17) is 5.73 Å². The largest absolute Gasteiger partial charge is 0.324 e. The molecular weight excluding hydrogens is 244 g/mol. The van der Waals surface area contributed by atoms with Gasteiger partial charge in [-0.15, -0.1) is 0 Å². The third-order valence-corrected chi connectivity index (χ3v) is 6.50. The number of nitrogens with two attached hydrogens (primary N) is 1. The molecule has 2 unspecified atom stereocenters. The molecule has 2 aliphatic carbocycles. The van der Waals surface area contributed by atoms with Crippen LogP contribution in [0.15, 0.2) is 0 Å². The molecule has 2 N–H and O–H groups in total. The fourth-order valence-corrected chi connectivity index (χ4v) is 5.28. The molecule has 20 heavy (non-hydrogen) atoms. The number of hydrogen-bond acceptors (Lipinski definition) is 2. The first kappa shape index (κ1) is 14.8. The van der Waals surface area contributed by atoms with Gasteiger partial charge < -0.3 is 10.6 Å². The van der Waals surface area contributed by atoms with E-state index in [0.29, 0.717) is 0 Å². The van der Waals surface area contributed by atoms with E-state index < -0.39 is 0 Å². The Morgan fingerprint density at radius 1 is 0.950 bits per heavy atom. The van der Waals surface area contributed by atoms with Gasteiger partial charge in [0.25, 0.3) is 0 Å². The molecule has 2 nitrogen and oxygen atoms in total. The lowest BCUT2D eigenvalue weighted by molar-refractivity contribution is 0.0474. The minimum absolute atomic E-state index is 0.120. The SMILES string of the molecule is CC1CCCC(N)(CN2CCC3(CCCCC3)CC2)C1. The average Bonchev–Trinajstić information content (AvgIpc) is 2.42. The lowest BCUT2D eigenvalue weighted by atomic mass is 9.68. The summed E-state index contributed by atoms with van der Waals surface area (Å²) in [5.41, 5.74) is 7.56. The van der Waals surface area contributed by atoms with Crippen LogP contribution in [0, 0.1) is 11.3 Å². The highest BCUT2D eigenvalue weighted by molar-refractivity contribution is 4.95. The summed E-state index contributed by atoms with van der Waals surface area (Å²) >= 11 is 0. The van der Waals surface area contributed by atoms with Gasteiger partial charge in [-0.3, -0.25) is 0 Å².